The quantitative estimate of drug-likeness (QED) is 0.612. The van der Waals surface area contributed by atoms with Gasteiger partial charge in [-0.25, -0.2) is 0 Å². The molecule has 0 atom stereocenters. The average Bonchev–Trinajstić information content (AvgIpc) is 2.99. The summed E-state index contributed by atoms with van der Waals surface area (Å²) in [5, 5.41) is 18.8. The van der Waals surface area contributed by atoms with Crippen molar-refractivity contribution in [1.82, 2.24) is 15.0 Å². The summed E-state index contributed by atoms with van der Waals surface area (Å²) < 4.78 is 0. The van der Waals surface area contributed by atoms with Gasteiger partial charge in [0.05, 0.1) is 0 Å². The Balaban J connectivity index is 1.71. The Kier molecular flexibility index (Phi) is 3.48. The summed E-state index contributed by atoms with van der Waals surface area (Å²) in [7, 11) is 0. The Bertz CT molecular complexity index is 966. The summed E-state index contributed by atoms with van der Waals surface area (Å²) in [4.78, 5) is 3.75. The molecule has 23 heavy (non-hydrogen) atoms. The van der Waals surface area contributed by atoms with E-state index in [9.17, 15) is 5.11 Å². The zero-order chi connectivity index (χ0) is 15.6. The van der Waals surface area contributed by atoms with E-state index >= 15 is 0 Å². The highest BCUT2D eigenvalue weighted by molar-refractivity contribution is 7.99. The molecule has 0 amide bonds. The number of aromatic nitrogens is 3. The molecule has 3 aromatic carbocycles. The number of nitrogens with zero attached hydrogens (tertiary/aromatic N) is 3. The van der Waals surface area contributed by atoms with Crippen LogP contribution in [-0.4, -0.2) is 20.1 Å². The number of para-hydroxylation sites is 2. The smallest absolute Gasteiger partial charge is 0.143 e. The molecule has 4 rings (SSSR count). The number of aromatic hydroxyl groups is 1. The van der Waals surface area contributed by atoms with Crippen LogP contribution in [0.2, 0.25) is 0 Å². The minimum atomic E-state index is 0.159. The van der Waals surface area contributed by atoms with Crippen LogP contribution >= 0.6 is 11.8 Å². The highest BCUT2D eigenvalue weighted by Crippen LogP contribution is 2.29. The largest absolute Gasteiger partial charge is 0.506 e. The van der Waals surface area contributed by atoms with Gasteiger partial charge in [-0.3, -0.25) is 0 Å². The SMILES string of the molecule is Oc1ccccc1-n1nc2ccc(Sc3ccccc3)cc2n1. The van der Waals surface area contributed by atoms with Crippen molar-refractivity contribution in [3.05, 3.63) is 72.8 Å². The summed E-state index contributed by atoms with van der Waals surface area (Å²) in [6, 6.07) is 23.2. The molecule has 0 spiro atoms. The van der Waals surface area contributed by atoms with Gasteiger partial charge >= 0.3 is 0 Å². The molecule has 1 N–H and O–H groups in total. The van der Waals surface area contributed by atoms with E-state index in [1.165, 1.54) is 9.69 Å². The van der Waals surface area contributed by atoms with E-state index in [-0.39, 0.29) is 5.75 Å². The molecule has 112 valence electrons. The van der Waals surface area contributed by atoms with Crippen molar-refractivity contribution in [2.24, 2.45) is 0 Å². The highest BCUT2D eigenvalue weighted by Gasteiger charge is 2.09. The lowest BCUT2D eigenvalue weighted by atomic mass is 10.3. The molecule has 0 aliphatic heterocycles. The third-order valence-corrected chi connectivity index (χ3v) is 4.43. The summed E-state index contributed by atoms with van der Waals surface area (Å²) in [6.07, 6.45) is 0. The number of rotatable bonds is 3. The van der Waals surface area contributed by atoms with Crippen LogP contribution in [0.25, 0.3) is 16.7 Å². The first-order valence-electron chi connectivity index (χ1n) is 7.18. The third-order valence-electron chi connectivity index (χ3n) is 3.43. The molecular weight excluding hydrogens is 306 g/mol. The molecule has 0 saturated carbocycles. The van der Waals surface area contributed by atoms with E-state index in [1.54, 1.807) is 30.0 Å². The topological polar surface area (TPSA) is 50.9 Å². The standard InChI is InChI=1S/C18H13N3OS/c22-18-9-5-4-8-17(18)21-19-15-11-10-14(12-16(15)20-21)23-13-6-2-1-3-7-13/h1-12,22H. The van der Waals surface area contributed by atoms with Crippen molar-refractivity contribution >= 4 is 22.8 Å². The molecule has 4 aromatic rings. The first-order valence-corrected chi connectivity index (χ1v) is 8.00. The summed E-state index contributed by atoms with van der Waals surface area (Å²) >= 11 is 1.68. The minimum absolute atomic E-state index is 0.159. The zero-order valence-electron chi connectivity index (χ0n) is 12.1. The monoisotopic (exact) mass is 319 g/mol. The molecule has 1 aromatic heterocycles. The van der Waals surface area contributed by atoms with E-state index in [0.717, 1.165) is 15.9 Å². The minimum Gasteiger partial charge on any atom is -0.506 e. The van der Waals surface area contributed by atoms with Crippen molar-refractivity contribution in [3.63, 3.8) is 0 Å². The van der Waals surface area contributed by atoms with Crippen LogP contribution in [-0.2, 0) is 0 Å². The fourth-order valence-corrected chi connectivity index (χ4v) is 3.20. The molecule has 0 saturated heterocycles. The molecule has 0 aliphatic rings. The molecule has 0 aliphatic carbocycles. The van der Waals surface area contributed by atoms with Gasteiger partial charge in [0.2, 0.25) is 0 Å². The maximum atomic E-state index is 9.93. The van der Waals surface area contributed by atoms with Crippen LogP contribution < -0.4 is 0 Å². The predicted octanol–water partition coefficient (Wildman–Crippen LogP) is 4.28. The number of fused-ring (bicyclic) bond motifs is 1. The average molecular weight is 319 g/mol. The lowest BCUT2D eigenvalue weighted by Crippen LogP contribution is -1.98. The van der Waals surface area contributed by atoms with Crippen molar-refractivity contribution in [1.29, 1.82) is 0 Å². The van der Waals surface area contributed by atoms with E-state index in [0.29, 0.717) is 5.69 Å². The molecule has 1 heterocycles. The Morgan fingerprint density at radius 2 is 1.48 bits per heavy atom. The number of hydrogen-bond acceptors (Lipinski definition) is 4. The molecule has 5 heteroatoms. The zero-order valence-corrected chi connectivity index (χ0v) is 12.9. The molecule has 0 unspecified atom stereocenters. The van der Waals surface area contributed by atoms with Gasteiger partial charge in [0.1, 0.15) is 22.5 Å². The van der Waals surface area contributed by atoms with Crippen molar-refractivity contribution in [2.75, 3.05) is 0 Å². The van der Waals surface area contributed by atoms with Crippen molar-refractivity contribution < 1.29 is 5.11 Å². The number of phenolic OH excluding ortho intramolecular Hbond substituents is 1. The fraction of sp³-hybridized carbons (Fsp3) is 0. The Morgan fingerprint density at radius 1 is 0.739 bits per heavy atom. The fourth-order valence-electron chi connectivity index (χ4n) is 2.32. The maximum absolute atomic E-state index is 9.93. The van der Waals surface area contributed by atoms with Crippen LogP contribution in [0.5, 0.6) is 5.75 Å². The Hall–Kier alpha value is -2.79. The van der Waals surface area contributed by atoms with Gasteiger partial charge in [-0.1, -0.05) is 42.1 Å². The first kappa shape index (κ1) is 13.8. The van der Waals surface area contributed by atoms with E-state index < -0.39 is 0 Å². The van der Waals surface area contributed by atoms with Gasteiger partial charge in [0, 0.05) is 9.79 Å². The van der Waals surface area contributed by atoms with Crippen molar-refractivity contribution in [3.8, 4) is 11.4 Å². The van der Waals surface area contributed by atoms with Crippen LogP contribution in [0, 0.1) is 0 Å². The Morgan fingerprint density at radius 3 is 2.30 bits per heavy atom. The van der Waals surface area contributed by atoms with Gasteiger partial charge in [-0.2, -0.15) is 0 Å². The van der Waals surface area contributed by atoms with Crippen molar-refractivity contribution in [2.45, 2.75) is 9.79 Å². The number of phenols is 1. The second-order valence-electron chi connectivity index (χ2n) is 5.04. The summed E-state index contributed by atoms with van der Waals surface area (Å²) in [5.74, 6) is 0.159. The second-order valence-corrected chi connectivity index (χ2v) is 6.19. The van der Waals surface area contributed by atoms with Crippen LogP contribution in [0.1, 0.15) is 0 Å². The molecule has 0 bridgehead atoms. The maximum Gasteiger partial charge on any atom is 0.143 e. The summed E-state index contributed by atoms with van der Waals surface area (Å²) in [5.41, 5.74) is 2.17. The van der Waals surface area contributed by atoms with E-state index in [1.807, 2.05) is 42.5 Å². The van der Waals surface area contributed by atoms with Gasteiger partial charge in [0.15, 0.2) is 0 Å². The Labute approximate surface area is 137 Å². The van der Waals surface area contributed by atoms with Gasteiger partial charge in [-0.05, 0) is 42.5 Å². The lowest BCUT2D eigenvalue weighted by Gasteiger charge is -2.00. The van der Waals surface area contributed by atoms with Gasteiger partial charge in [-0.15, -0.1) is 15.0 Å². The highest BCUT2D eigenvalue weighted by atomic mass is 32.2. The third kappa shape index (κ3) is 2.78. The number of benzene rings is 3. The molecule has 0 fully saturated rings. The normalized spacial score (nSPS) is 11.0. The van der Waals surface area contributed by atoms with Crippen LogP contribution in [0.15, 0.2) is 82.6 Å². The van der Waals surface area contributed by atoms with E-state index in [4.69, 9.17) is 0 Å². The molecular formula is C18H13N3OS. The number of hydrogen-bond donors (Lipinski definition) is 1. The summed E-state index contributed by atoms with van der Waals surface area (Å²) in [6.45, 7) is 0. The lowest BCUT2D eigenvalue weighted by molar-refractivity contribution is 0.468. The second kappa shape index (κ2) is 5.78. The van der Waals surface area contributed by atoms with Crippen LogP contribution in [0.4, 0.5) is 0 Å². The van der Waals surface area contributed by atoms with Gasteiger partial charge < -0.3 is 5.11 Å². The predicted molar refractivity (Wildman–Crippen MR) is 91.1 cm³/mol. The first-order chi connectivity index (χ1) is 11.3. The van der Waals surface area contributed by atoms with E-state index in [2.05, 4.69) is 22.3 Å². The molecule has 4 nitrogen and oxygen atoms in total. The molecule has 0 radical (unpaired) electrons. The van der Waals surface area contributed by atoms with Gasteiger partial charge in [0.25, 0.3) is 0 Å². The van der Waals surface area contributed by atoms with Crippen LogP contribution in [0.3, 0.4) is 0 Å².